The predicted molar refractivity (Wildman–Crippen MR) is 101 cm³/mol. The first-order valence-electron chi connectivity index (χ1n) is 8.36. The maximum absolute atomic E-state index is 13.8. The fourth-order valence-electron chi connectivity index (χ4n) is 2.77. The number of halogens is 2. The first kappa shape index (κ1) is 19.8. The van der Waals surface area contributed by atoms with Gasteiger partial charge in [0.15, 0.2) is 0 Å². The quantitative estimate of drug-likeness (QED) is 0.791. The number of nitrogens with zero attached hydrogens (tertiary/aromatic N) is 2. The molecule has 27 heavy (non-hydrogen) atoms. The van der Waals surface area contributed by atoms with Crippen molar-refractivity contribution in [2.75, 3.05) is 19.6 Å². The summed E-state index contributed by atoms with van der Waals surface area (Å²) in [5.74, 6) is -0.854. The van der Waals surface area contributed by atoms with Crippen LogP contribution in [0.3, 0.4) is 0 Å². The SMILES string of the molecule is O=C(CN1CCN(Cc2ccccc2F)S1(=O)=O)NCc1ccc(Cl)cc1. The number of amides is 1. The van der Waals surface area contributed by atoms with E-state index < -0.39 is 21.9 Å². The van der Waals surface area contributed by atoms with Gasteiger partial charge in [-0.25, -0.2) is 4.39 Å². The molecule has 0 unspecified atom stereocenters. The Labute approximate surface area is 162 Å². The van der Waals surface area contributed by atoms with E-state index in [1.165, 1.54) is 10.4 Å². The zero-order valence-corrected chi connectivity index (χ0v) is 16.0. The van der Waals surface area contributed by atoms with Gasteiger partial charge in [0.1, 0.15) is 5.82 Å². The van der Waals surface area contributed by atoms with Gasteiger partial charge in [0.05, 0.1) is 6.54 Å². The van der Waals surface area contributed by atoms with Gasteiger partial charge in [-0.15, -0.1) is 0 Å². The largest absolute Gasteiger partial charge is 0.351 e. The van der Waals surface area contributed by atoms with Crippen molar-refractivity contribution in [2.45, 2.75) is 13.1 Å². The number of rotatable bonds is 6. The molecule has 1 fully saturated rings. The van der Waals surface area contributed by atoms with Crippen LogP contribution in [0.4, 0.5) is 4.39 Å². The molecule has 0 saturated carbocycles. The fraction of sp³-hybridized carbons (Fsp3) is 0.278. The smallest absolute Gasteiger partial charge is 0.282 e. The van der Waals surface area contributed by atoms with Crippen LogP contribution in [0.15, 0.2) is 48.5 Å². The summed E-state index contributed by atoms with van der Waals surface area (Å²) in [6, 6.07) is 13.0. The van der Waals surface area contributed by atoms with E-state index in [0.29, 0.717) is 10.6 Å². The van der Waals surface area contributed by atoms with Crippen molar-refractivity contribution in [3.8, 4) is 0 Å². The molecule has 2 aromatic rings. The standard InChI is InChI=1S/C18H19ClFN3O3S/c19-16-7-5-14(6-8-16)11-21-18(24)13-23-10-9-22(27(23,25)26)12-15-3-1-2-4-17(15)20/h1-8H,9-13H2,(H,21,24). The Morgan fingerprint density at radius 2 is 1.74 bits per heavy atom. The highest BCUT2D eigenvalue weighted by atomic mass is 35.5. The van der Waals surface area contributed by atoms with Crippen LogP contribution in [-0.2, 0) is 28.1 Å². The first-order valence-corrected chi connectivity index (χ1v) is 10.1. The van der Waals surface area contributed by atoms with Crippen LogP contribution >= 0.6 is 11.6 Å². The van der Waals surface area contributed by atoms with Gasteiger partial charge < -0.3 is 5.32 Å². The molecule has 0 radical (unpaired) electrons. The van der Waals surface area contributed by atoms with Gasteiger partial charge in [-0.05, 0) is 23.8 Å². The van der Waals surface area contributed by atoms with E-state index >= 15 is 0 Å². The topological polar surface area (TPSA) is 69.7 Å². The highest BCUT2D eigenvalue weighted by molar-refractivity contribution is 7.87. The molecule has 2 aromatic carbocycles. The van der Waals surface area contributed by atoms with Crippen molar-refractivity contribution in [2.24, 2.45) is 0 Å². The van der Waals surface area contributed by atoms with E-state index in [9.17, 15) is 17.6 Å². The second kappa shape index (κ2) is 8.35. The summed E-state index contributed by atoms with van der Waals surface area (Å²) in [6.45, 7) is 0.344. The molecule has 9 heteroatoms. The van der Waals surface area contributed by atoms with Gasteiger partial charge in [-0.2, -0.15) is 17.0 Å². The maximum Gasteiger partial charge on any atom is 0.282 e. The lowest BCUT2D eigenvalue weighted by Gasteiger charge is -2.18. The van der Waals surface area contributed by atoms with Gasteiger partial charge in [0.25, 0.3) is 10.2 Å². The van der Waals surface area contributed by atoms with Crippen molar-refractivity contribution < 1.29 is 17.6 Å². The summed E-state index contributed by atoms with van der Waals surface area (Å²) in [5, 5.41) is 3.29. The Balaban J connectivity index is 1.57. The van der Waals surface area contributed by atoms with E-state index in [1.807, 2.05) is 0 Å². The Morgan fingerprint density at radius 1 is 1.07 bits per heavy atom. The lowest BCUT2D eigenvalue weighted by Crippen LogP contribution is -2.40. The third-order valence-electron chi connectivity index (χ3n) is 4.28. The Bertz CT molecular complexity index is 922. The average molecular weight is 412 g/mol. The molecule has 1 aliphatic heterocycles. The zero-order chi connectivity index (χ0) is 19.4. The van der Waals surface area contributed by atoms with E-state index in [4.69, 9.17) is 11.6 Å². The van der Waals surface area contributed by atoms with Crippen LogP contribution in [0.2, 0.25) is 5.02 Å². The monoisotopic (exact) mass is 411 g/mol. The van der Waals surface area contributed by atoms with Crippen molar-refractivity contribution >= 4 is 27.7 Å². The second-order valence-electron chi connectivity index (χ2n) is 6.17. The normalized spacial score (nSPS) is 17.1. The van der Waals surface area contributed by atoms with Crippen LogP contribution < -0.4 is 5.32 Å². The van der Waals surface area contributed by atoms with Gasteiger partial charge in [-0.1, -0.05) is 41.9 Å². The van der Waals surface area contributed by atoms with Gasteiger partial charge in [-0.3, -0.25) is 4.79 Å². The molecule has 144 valence electrons. The fourth-order valence-corrected chi connectivity index (χ4v) is 4.43. The van der Waals surface area contributed by atoms with Crippen LogP contribution in [0.25, 0.3) is 0 Å². The summed E-state index contributed by atoms with van der Waals surface area (Å²) < 4.78 is 41.2. The highest BCUT2D eigenvalue weighted by Gasteiger charge is 2.37. The number of carbonyl (C=O) groups is 1. The molecule has 1 aliphatic rings. The summed E-state index contributed by atoms with van der Waals surface area (Å²) in [5.41, 5.74) is 1.16. The first-order chi connectivity index (χ1) is 12.9. The van der Waals surface area contributed by atoms with Gasteiger partial charge >= 0.3 is 0 Å². The van der Waals surface area contributed by atoms with Gasteiger partial charge in [0.2, 0.25) is 5.91 Å². The molecule has 3 rings (SSSR count). The number of hydrogen-bond acceptors (Lipinski definition) is 3. The molecule has 0 bridgehead atoms. The molecule has 6 nitrogen and oxygen atoms in total. The minimum absolute atomic E-state index is 0.0576. The summed E-state index contributed by atoms with van der Waals surface area (Å²) in [6.07, 6.45) is 0. The molecular formula is C18H19ClFN3O3S. The van der Waals surface area contributed by atoms with Crippen molar-refractivity contribution in [3.05, 3.63) is 70.5 Å². The molecule has 0 atom stereocenters. The molecule has 1 saturated heterocycles. The van der Waals surface area contributed by atoms with Crippen LogP contribution in [0.1, 0.15) is 11.1 Å². The van der Waals surface area contributed by atoms with E-state index in [1.54, 1.807) is 42.5 Å². The van der Waals surface area contributed by atoms with Crippen molar-refractivity contribution in [1.82, 2.24) is 13.9 Å². The molecule has 1 N–H and O–H groups in total. The molecule has 0 spiro atoms. The predicted octanol–water partition coefficient (Wildman–Crippen LogP) is 2.16. The lowest BCUT2D eigenvalue weighted by atomic mass is 10.2. The Hall–Kier alpha value is -2.00. The maximum atomic E-state index is 13.8. The molecular weight excluding hydrogens is 393 g/mol. The summed E-state index contributed by atoms with van der Waals surface area (Å²) >= 11 is 5.81. The number of benzene rings is 2. The van der Waals surface area contributed by atoms with E-state index in [-0.39, 0.29) is 32.7 Å². The highest BCUT2D eigenvalue weighted by Crippen LogP contribution is 2.20. The summed E-state index contributed by atoms with van der Waals surface area (Å²) in [4.78, 5) is 12.1. The minimum atomic E-state index is -3.80. The second-order valence-corrected chi connectivity index (χ2v) is 8.53. The molecule has 0 aromatic heterocycles. The molecule has 1 heterocycles. The zero-order valence-electron chi connectivity index (χ0n) is 14.4. The molecule has 0 aliphatic carbocycles. The third-order valence-corrected chi connectivity index (χ3v) is 6.46. The Kier molecular flexibility index (Phi) is 6.11. The van der Waals surface area contributed by atoms with Crippen LogP contribution in [0.5, 0.6) is 0 Å². The lowest BCUT2D eigenvalue weighted by molar-refractivity contribution is -0.121. The summed E-state index contributed by atoms with van der Waals surface area (Å²) in [7, 11) is -3.80. The van der Waals surface area contributed by atoms with Crippen LogP contribution in [-0.4, -0.2) is 42.6 Å². The van der Waals surface area contributed by atoms with E-state index in [0.717, 1.165) is 9.87 Å². The third kappa shape index (κ3) is 4.84. The van der Waals surface area contributed by atoms with Crippen molar-refractivity contribution in [3.63, 3.8) is 0 Å². The molecule has 1 amide bonds. The van der Waals surface area contributed by atoms with Crippen molar-refractivity contribution in [1.29, 1.82) is 0 Å². The van der Waals surface area contributed by atoms with E-state index in [2.05, 4.69) is 5.32 Å². The minimum Gasteiger partial charge on any atom is -0.351 e. The van der Waals surface area contributed by atoms with Gasteiger partial charge in [0, 0.05) is 36.8 Å². The number of carbonyl (C=O) groups excluding carboxylic acids is 1. The number of hydrogen-bond donors (Lipinski definition) is 1. The number of nitrogens with one attached hydrogen (secondary N) is 1. The Morgan fingerprint density at radius 3 is 2.44 bits per heavy atom. The van der Waals surface area contributed by atoms with Crippen LogP contribution in [0, 0.1) is 5.82 Å². The average Bonchev–Trinajstić information content (AvgIpc) is 2.91.